The molecular formula is C22H23N3O4. The SMILES string of the molecule is Cc1cccc(OCc2ccc(-c3nc(C#N)c(N4C[C@H](C)O[C@@H](C)C4)o3)o2)c1. The first kappa shape index (κ1) is 19.1. The van der Waals surface area contributed by atoms with Gasteiger partial charge in [-0.3, -0.25) is 0 Å². The summed E-state index contributed by atoms with van der Waals surface area (Å²) in [4.78, 5) is 6.32. The summed E-state index contributed by atoms with van der Waals surface area (Å²) < 4.78 is 23.3. The zero-order chi connectivity index (χ0) is 20.4. The quantitative estimate of drug-likeness (QED) is 0.638. The maximum Gasteiger partial charge on any atom is 0.266 e. The highest BCUT2D eigenvalue weighted by atomic mass is 16.5. The summed E-state index contributed by atoms with van der Waals surface area (Å²) in [5.41, 5.74) is 1.38. The molecule has 0 aliphatic carbocycles. The summed E-state index contributed by atoms with van der Waals surface area (Å²) in [5.74, 6) is 2.63. The van der Waals surface area contributed by atoms with Crippen molar-refractivity contribution in [1.29, 1.82) is 5.26 Å². The molecule has 2 atom stereocenters. The van der Waals surface area contributed by atoms with Gasteiger partial charge in [-0.1, -0.05) is 12.1 Å². The van der Waals surface area contributed by atoms with Crippen LogP contribution in [0.5, 0.6) is 5.75 Å². The average Bonchev–Trinajstić information content (AvgIpc) is 3.32. The van der Waals surface area contributed by atoms with Gasteiger partial charge in [0.05, 0.1) is 12.2 Å². The van der Waals surface area contributed by atoms with Crippen LogP contribution in [0.2, 0.25) is 0 Å². The smallest absolute Gasteiger partial charge is 0.266 e. The molecule has 0 unspecified atom stereocenters. The third-order valence-corrected chi connectivity index (χ3v) is 4.67. The van der Waals surface area contributed by atoms with Crippen molar-refractivity contribution < 1.29 is 18.3 Å². The van der Waals surface area contributed by atoms with Crippen molar-refractivity contribution in [2.75, 3.05) is 18.0 Å². The van der Waals surface area contributed by atoms with Crippen LogP contribution in [0.3, 0.4) is 0 Å². The third-order valence-electron chi connectivity index (χ3n) is 4.67. The van der Waals surface area contributed by atoms with Gasteiger partial charge in [-0.15, -0.1) is 0 Å². The molecular weight excluding hydrogens is 370 g/mol. The number of ether oxygens (including phenoxy) is 2. The first-order valence-electron chi connectivity index (χ1n) is 9.61. The lowest BCUT2D eigenvalue weighted by atomic mass is 10.2. The van der Waals surface area contributed by atoms with Crippen molar-refractivity contribution in [3.05, 3.63) is 53.4 Å². The summed E-state index contributed by atoms with van der Waals surface area (Å²) in [5, 5.41) is 9.50. The van der Waals surface area contributed by atoms with Gasteiger partial charge in [0, 0.05) is 13.1 Å². The number of rotatable bonds is 5. The number of anilines is 1. The molecule has 3 aromatic rings. The van der Waals surface area contributed by atoms with E-state index < -0.39 is 0 Å². The van der Waals surface area contributed by atoms with E-state index in [2.05, 4.69) is 11.1 Å². The highest BCUT2D eigenvalue weighted by molar-refractivity contribution is 5.56. The van der Waals surface area contributed by atoms with Gasteiger partial charge >= 0.3 is 0 Å². The van der Waals surface area contributed by atoms with Gasteiger partial charge in [0.2, 0.25) is 11.6 Å². The molecule has 150 valence electrons. The Kier molecular flexibility index (Phi) is 5.28. The second kappa shape index (κ2) is 8.02. The Morgan fingerprint density at radius 3 is 2.69 bits per heavy atom. The van der Waals surface area contributed by atoms with E-state index in [1.807, 2.05) is 56.0 Å². The minimum atomic E-state index is 0.0489. The predicted octanol–water partition coefficient (Wildman–Crippen LogP) is 4.31. The highest BCUT2D eigenvalue weighted by Crippen LogP contribution is 2.31. The number of furan rings is 1. The lowest BCUT2D eigenvalue weighted by Gasteiger charge is -2.34. The topological polar surface area (TPSA) is 84.7 Å². The molecule has 1 aliphatic rings. The predicted molar refractivity (Wildman–Crippen MR) is 107 cm³/mol. The fourth-order valence-corrected chi connectivity index (χ4v) is 3.48. The van der Waals surface area contributed by atoms with Gasteiger partial charge in [0.15, 0.2) is 5.76 Å². The lowest BCUT2D eigenvalue weighted by molar-refractivity contribution is -0.00639. The van der Waals surface area contributed by atoms with Gasteiger partial charge in [-0.25, -0.2) is 0 Å². The third kappa shape index (κ3) is 4.28. The van der Waals surface area contributed by atoms with Crippen molar-refractivity contribution in [2.45, 2.75) is 39.6 Å². The van der Waals surface area contributed by atoms with E-state index in [1.165, 1.54) is 0 Å². The number of aromatic nitrogens is 1. The summed E-state index contributed by atoms with van der Waals surface area (Å²) >= 11 is 0. The normalized spacial score (nSPS) is 19.2. The van der Waals surface area contributed by atoms with E-state index in [4.69, 9.17) is 18.3 Å². The van der Waals surface area contributed by atoms with E-state index in [0.717, 1.165) is 11.3 Å². The largest absolute Gasteiger partial charge is 0.486 e. The van der Waals surface area contributed by atoms with E-state index in [-0.39, 0.29) is 23.8 Å². The maximum atomic E-state index is 9.50. The Balaban J connectivity index is 1.50. The van der Waals surface area contributed by atoms with Crippen LogP contribution in [-0.4, -0.2) is 30.3 Å². The van der Waals surface area contributed by atoms with Crippen molar-refractivity contribution in [2.24, 2.45) is 0 Å². The molecule has 1 aliphatic heterocycles. The molecule has 2 aromatic heterocycles. The molecule has 1 aromatic carbocycles. The van der Waals surface area contributed by atoms with Gasteiger partial charge in [0.1, 0.15) is 24.2 Å². The highest BCUT2D eigenvalue weighted by Gasteiger charge is 2.28. The Labute approximate surface area is 169 Å². The average molecular weight is 393 g/mol. The number of oxazole rings is 1. The summed E-state index contributed by atoms with van der Waals surface area (Å²) in [6.45, 7) is 7.59. The van der Waals surface area contributed by atoms with Crippen LogP contribution in [0.1, 0.15) is 30.9 Å². The number of nitriles is 1. The Morgan fingerprint density at radius 2 is 1.97 bits per heavy atom. The van der Waals surface area contributed by atoms with Crippen LogP contribution < -0.4 is 9.64 Å². The maximum absolute atomic E-state index is 9.50. The van der Waals surface area contributed by atoms with Crippen LogP contribution in [0.25, 0.3) is 11.7 Å². The molecule has 1 fully saturated rings. The first-order valence-corrected chi connectivity index (χ1v) is 9.61. The van der Waals surface area contributed by atoms with Crippen molar-refractivity contribution in [3.8, 4) is 23.5 Å². The first-order chi connectivity index (χ1) is 14.0. The van der Waals surface area contributed by atoms with E-state index in [9.17, 15) is 5.26 Å². The van der Waals surface area contributed by atoms with Gasteiger partial charge in [-0.2, -0.15) is 10.2 Å². The molecule has 1 saturated heterocycles. The van der Waals surface area contributed by atoms with Gasteiger partial charge in [-0.05, 0) is 50.6 Å². The van der Waals surface area contributed by atoms with Crippen LogP contribution >= 0.6 is 0 Å². The van der Waals surface area contributed by atoms with E-state index in [1.54, 1.807) is 6.07 Å². The second-order valence-corrected chi connectivity index (χ2v) is 7.32. The summed E-state index contributed by atoms with van der Waals surface area (Å²) in [7, 11) is 0. The number of aryl methyl sites for hydroxylation is 1. The number of morpholine rings is 1. The Morgan fingerprint density at radius 1 is 1.17 bits per heavy atom. The molecule has 29 heavy (non-hydrogen) atoms. The molecule has 0 radical (unpaired) electrons. The van der Waals surface area contributed by atoms with Crippen molar-refractivity contribution >= 4 is 5.88 Å². The fraction of sp³-hybridized carbons (Fsp3) is 0.364. The number of hydrogen-bond donors (Lipinski definition) is 0. The molecule has 0 N–H and O–H groups in total. The summed E-state index contributed by atoms with van der Waals surface area (Å²) in [6.07, 6.45) is 0.0978. The number of benzene rings is 1. The van der Waals surface area contributed by atoms with Crippen LogP contribution in [0.15, 0.2) is 45.2 Å². The van der Waals surface area contributed by atoms with Crippen molar-refractivity contribution in [3.63, 3.8) is 0 Å². The molecule has 4 rings (SSSR count). The van der Waals surface area contributed by atoms with Crippen LogP contribution in [-0.2, 0) is 11.3 Å². The minimum Gasteiger partial charge on any atom is -0.486 e. The molecule has 0 amide bonds. The van der Waals surface area contributed by atoms with Gasteiger partial charge < -0.3 is 23.2 Å². The zero-order valence-electron chi connectivity index (χ0n) is 16.7. The lowest BCUT2D eigenvalue weighted by Crippen LogP contribution is -2.45. The monoisotopic (exact) mass is 393 g/mol. The number of hydrogen-bond acceptors (Lipinski definition) is 7. The molecule has 3 heterocycles. The molecule has 7 heteroatoms. The van der Waals surface area contributed by atoms with Crippen LogP contribution in [0, 0.1) is 18.3 Å². The Bertz CT molecular complexity index is 1020. The molecule has 7 nitrogen and oxygen atoms in total. The van der Waals surface area contributed by atoms with Gasteiger partial charge in [0.25, 0.3) is 5.89 Å². The molecule has 0 bridgehead atoms. The second-order valence-electron chi connectivity index (χ2n) is 7.32. The van der Waals surface area contributed by atoms with E-state index in [0.29, 0.717) is 37.1 Å². The zero-order valence-corrected chi connectivity index (χ0v) is 16.7. The van der Waals surface area contributed by atoms with Crippen molar-refractivity contribution in [1.82, 2.24) is 4.98 Å². The minimum absolute atomic E-state index is 0.0489. The van der Waals surface area contributed by atoms with Crippen LogP contribution in [0.4, 0.5) is 5.88 Å². The standard InChI is InChI=1S/C22H23N3O4/c1-14-5-4-6-17(9-14)26-13-18-7-8-20(28-18)21-24-19(10-23)22(29-21)25-11-15(2)27-16(3)12-25/h4-9,15-16H,11-13H2,1-3H3/t15-,16-/m0/s1. The molecule has 0 spiro atoms. The Hall–Kier alpha value is -3.24. The number of nitrogens with zero attached hydrogens (tertiary/aromatic N) is 3. The van der Waals surface area contributed by atoms with E-state index >= 15 is 0 Å². The fourth-order valence-electron chi connectivity index (χ4n) is 3.48. The molecule has 0 saturated carbocycles. The summed E-state index contributed by atoms with van der Waals surface area (Å²) in [6, 6.07) is 13.5.